The van der Waals surface area contributed by atoms with E-state index in [4.69, 9.17) is 14.2 Å². The maximum atomic E-state index is 5.19. The van der Waals surface area contributed by atoms with Gasteiger partial charge in [0.15, 0.2) is 11.5 Å². The lowest BCUT2D eigenvalue weighted by molar-refractivity contribution is 0.202. The Morgan fingerprint density at radius 1 is 1.00 bits per heavy atom. The maximum absolute atomic E-state index is 5.19. The molecule has 0 bridgehead atoms. The van der Waals surface area contributed by atoms with Gasteiger partial charge in [-0.3, -0.25) is 0 Å². The molecule has 0 unspecified atom stereocenters. The van der Waals surface area contributed by atoms with Crippen molar-refractivity contribution in [3.63, 3.8) is 0 Å². The van der Waals surface area contributed by atoms with Crippen LogP contribution in [0.15, 0.2) is 18.2 Å². The normalized spacial score (nSPS) is 9.93. The fourth-order valence-electron chi connectivity index (χ4n) is 1.26. The van der Waals surface area contributed by atoms with E-state index in [0.29, 0.717) is 0 Å². The molecule has 0 saturated carbocycles. The number of hydrogen-bond acceptors (Lipinski definition) is 3. The summed E-state index contributed by atoms with van der Waals surface area (Å²) in [6.45, 7) is 0.718. The number of ether oxygens (including phenoxy) is 3. The van der Waals surface area contributed by atoms with Gasteiger partial charge in [-0.25, -0.2) is 0 Å². The summed E-state index contributed by atoms with van der Waals surface area (Å²) in [5, 5.41) is 0. The van der Waals surface area contributed by atoms with Crippen molar-refractivity contribution in [3.8, 4) is 11.5 Å². The molecule has 0 saturated heterocycles. The van der Waals surface area contributed by atoms with Crippen molar-refractivity contribution in [2.45, 2.75) is 6.42 Å². The Morgan fingerprint density at radius 2 is 1.71 bits per heavy atom. The largest absolute Gasteiger partial charge is 0.493 e. The smallest absolute Gasteiger partial charge is 0.160 e. The predicted octanol–water partition coefficient (Wildman–Crippen LogP) is 1.89. The van der Waals surface area contributed by atoms with Crippen LogP contribution >= 0.6 is 0 Å². The van der Waals surface area contributed by atoms with Crippen molar-refractivity contribution in [2.75, 3.05) is 27.9 Å². The summed E-state index contributed by atoms with van der Waals surface area (Å²) in [4.78, 5) is 0. The first kappa shape index (κ1) is 10.9. The van der Waals surface area contributed by atoms with Gasteiger partial charge in [0.2, 0.25) is 0 Å². The second-order valence-corrected chi connectivity index (χ2v) is 2.93. The first-order valence-electron chi connectivity index (χ1n) is 4.51. The van der Waals surface area contributed by atoms with Crippen LogP contribution in [0.4, 0.5) is 0 Å². The van der Waals surface area contributed by atoms with Gasteiger partial charge < -0.3 is 14.2 Å². The van der Waals surface area contributed by atoms with Gasteiger partial charge >= 0.3 is 0 Å². The minimum absolute atomic E-state index is 0.718. The van der Waals surface area contributed by atoms with E-state index in [9.17, 15) is 0 Å². The minimum atomic E-state index is 0.718. The lowest BCUT2D eigenvalue weighted by Gasteiger charge is -2.09. The molecule has 3 nitrogen and oxygen atoms in total. The lowest BCUT2D eigenvalue weighted by atomic mass is 10.1. The SMILES string of the molecule is COCCc1ccc(OC)c(OC)c1. The number of hydrogen-bond donors (Lipinski definition) is 0. The summed E-state index contributed by atoms with van der Waals surface area (Å²) in [5.74, 6) is 1.52. The van der Waals surface area contributed by atoms with Crippen LogP contribution in [0.3, 0.4) is 0 Å². The molecule has 78 valence electrons. The molecule has 1 rings (SSSR count). The molecule has 0 amide bonds. The Balaban J connectivity index is 2.79. The van der Waals surface area contributed by atoms with Crippen LogP contribution in [0.1, 0.15) is 5.56 Å². The lowest BCUT2D eigenvalue weighted by Crippen LogP contribution is -1.96. The van der Waals surface area contributed by atoms with Crippen LogP contribution < -0.4 is 9.47 Å². The quantitative estimate of drug-likeness (QED) is 0.719. The predicted molar refractivity (Wildman–Crippen MR) is 55.1 cm³/mol. The van der Waals surface area contributed by atoms with Crippen LogP contribution in [-0.4, -0.2) is 27.9 Å². The first-order chi connectivity index (χ1) is 6.81. The van der Waals surface area contributed by atoms with E-state index in [1.165, 1.54) is 5.56 Å². The van der Waals surface area contributed by atoms with E-state index in [1.807, 2.05) is 18.2 Å². The summed E-state index contributed by atoms with van der Waals surface area (Å²) < 4.78 is 15.3. The zero-order valence-corrected chi connectivity index (χ0v) is 8.87. The first-order valence-corrected chi connectivity index (χ1v) is 4.51. The average Bonchev–Trinajstić information content (AvgIpc) is 2.25. The second-order valence-electron chi connectivity index (χ2n) is 2.93. The van der Waals surface area contributed by atoms with Crippen molar-refractivity contribution in [1.29, 1.82) is 0 Å². The van der Waals surface area contributed by atoms with Crippen LogP contribution in [0.2, 0.25) is 0 Å². The molecular formula is C11H16O3. The third-order valence-corrected chi connectivity index (χ3v) is 2.04. The summed E-state index contributed by atoms with van der Waals surface area (Å²) in [7, 11) is 4.96. The molecule has 0 spiro atoms. The van der Waals surface area contributed by atoms with Gasteiger partial charge in [-0.05, 0) is 24.1 Å². The second kappa shape index (κ2) is 5.50. The summed E-state index contributed by atoms with van der Waals surface area (Å²) in [6.07, 6.45) is 0.886. The van der Waals surface area contributed by atoms with Gasteiger partial charge in [0.05, 0.1) is 20.8 Å². The van der Waals surface area contributed by atoms with Gasteiger partial charge in [0, 0.05) is 7.11 Å². The molecule has 1 aromatic rings. The van der Waals surface area contributed by atoms with Crippen LogP contribution in [0.5, 0.6) is 11.5 Å². The van der Waals surface area contributed by atoms with E-state index < -0.39 is 0 Å². The fourth-order valence-corrected chi connectivity index (χ4v) is 1.26. The van der Waals surface area contributed by atoms with Crippen LogP contribution in [0, 0.1) is 0 Å². The van der Waals surface area contributed by atoms with Crippen molar-refractivity contribution >= 4 is 0 Å². The van der Waals surface area contributed by atoms with Crippen molar-refractivity contribution < 1.29 is 14.2 Å². The Morgan fingerprint density at radius 3 is 2.29 bits per heavy atom. The molecular weight excluding hydrogens is 180 g/mol. The van der Waals surface area contributed by atoms with Gasteiger partial charge in [-0.1, -0.05) is 6.07 Å². The summed E-state index contributed by atoms with van der Waals surface area (Å²) in [5.41, 5.74) is 1.18. The molecule has 0 atom stereocenters. The highest BCUT2D eigenvalue weighted by Gasteiger charge is 2.03. The standard InChI is InChI=1S/C11H16O3/c1-12-7-6-9-4-5-10(13-2)11(8-9)14-3/h4-5,8H,6-7H2,1-3H3. The van der Waals surface area contributed by atoms with Crippen molar-refractivity contribution in [2.24, 2.45) is 0 Å². The fraction of sp³-hybridized carbons (Fsp3) is 0.455. The minimum Gasteiger partial charge on any atom is -0.493 e. The third-order valence-electron chi connectivity index (χ3n) is 2.04. The monoisotopic (exact) mass is 196 g/mol. The number of benzene rings is 1. The van der Waals surface area contributed by atoms with Gasteiger partial charge in [-0.15, -0.1) is 0 Å². The summed E-state index contributed by atoms with van der Waals surface area (Å²) >= 11 is 0. The Labute approximate surface area is 84.6 Å². The molecule has 14 heavy (non-hydrogen) atoms. The van der Waals surface area contributed by atoms with Crippen LogP contribution in [-0.2, 0) is 11.2 Å². The van der Waals surface area contributed by atoms with E-state index in [1.54, 1.807) is 21.3 Å². The number of methoxy groups -OCH3 is 3. The molecule has 0 radical (unpaired) electrons. The topological polar surface area (TPSA) is 27.7 Å². The summed E-state index contributed by atoms with van der Waals surface area (Å²) in [6, 6.07) is 5.89. The van der Waals surface area contributed by atoms with E-state index in [2.05, 4.69) is 0 Å². The molecule has 0 N–H and O–H groups in total. The number of rotatable bonds is 5. The van der Waals surface area contributed by atoms with E-state index in [-0.39, 0.29) is 0 Å². The third kappa shape index (κ3) is 2.64. The highest BCUT2D eigenvalue weighted by atomic mass is 16.5. The van der Waals surface area contributed by atoms with Crippen molar-refractivity contribution in [3.05, 3.63) is 23.8 Å². The Hall–Kier alpha value is -1.22. The molecule has 3 heteroatoms. The zero-order valence-electron chi connectivity index (χ0n) is 8.87. The molecule has 0 aromatic heterocycles. The highest BCUT2D eigenvalue weighted by molar-refractivity contribution is 5.42. The van der Waals surface area contributed by atoms with E-state index in [0.717, 1.165) is 24.5 Å². The molecule has 0 heterocycles. The van der Waals surface area contributed by atoms with Gasteiger partial charge in [0.25, 0.3) is 0 Å². The van der Waals surface area contributed by atoms with Gasteiger partial charge in [-0.2, -0.15) is 0 Å². The molecule has 0 aliphatic heterocycles. The average molecular weight is 196 g/mol. The molecule has 0 fully saturated rings. The maximum Gasteiger partial charge on any atom is 0.160 e. The van der Waals surface area contributed by atoms with Crippen LogP contribution in [0.25, 0.3) is 0 Å². The van der Waals surface area contributed by atoms with E-state index >= 15 is 0 Å². The Kier molecular flexibility index (Phi) is 4.26. The molecule has 0 aliphatic carbocycles. The van der Waals surface area contributed by atoms with Crippen molar-refractivity contribution in [1.82, 2.24) is 0 Å². The van der Waals surface area contributed by atoms with Gasteiger partial charge in [0.1, 0.15) is 0 Å². The molecule has 0 aliphatic rings. The highest BCUT2D eigenvalue weighted by Crippen LogP contribution is 2.27. The zero-order chi connectivity index (χ0) is 10.4. The molecule has 1 aromatic carbocycles. The Bertz CT molecular complexity index is 284.